The van der Waals surface area contributed by atoms with Crippen LogP contribution in [0.3, 0.4) is 0 Å². The smallest absolute Gasteiger partial charge is 0.255 e. The number of benzene rings is 1. The number of rotatable bonds is 6. The van der Waals surface area contributed by atoms with Crippen LogP contribution in [0.15, 0.2) is 36.5 Å². The first kappa shape index (κ1) is 21.3. The van der Waals surface area contributed by atoms with Crippen LogP contribution in [0.1, 0.15) is 67.9 Å². The summed E-state index contributed by atoms with van der Waals surface area (Å²) in [6.45, 7) is 10.2. The maximum absolute atomic E-state index is 12.8. The third kappa shape index (κ3) is 4.96. The van der Waals surface area contributed by atoms with E-state index in [0.29, 0.717) is 5.56 Å². The average molecular weight is 396 g/mol. The van der Waals surface area contributed by atoms with E-state index in [9.17, 15) is 9.90 Å². The number of likely N-dealkylation sites (tertiary alicyclic amines) is 1. The number of piperidine rings is 1. The van der Waals surface area contributed by atoms with Gasteiger partial charge < -0.3 is 14.9 Å². The van der Waals surface area contributed by atoms with Crippen LogP contribution < -0.4 is 4.90 Å². The molecule has 1 saturated heterocycles. The quantitative estimate of drug-likeness (QED) is 0.764. The SMILES string of the molecule is CCCN(c1ccc(C(C)(C)O)cc1)c1ncc(C(=O)N2CCCCC2)cc1C. The number of aromatic nitrogens is 1. The van der Waals surface area contributed by atoms with Gasteiger partial charge in [-0.05, 0) is 75.8 Å². The number of amides is 1. The first-order valence-electron chi connectivity index (χ1n) is 10.7. The monoisotopic (exact) mass is 395 g/mol. The third-order valence-electron chi connectivity index (χ3n) is 5.53. The fourth-order valence-corrected chi connectivity index (χ4v) is 3.88. The molecule has 0 aliphatic carbocycles. The maximum Gasteiger partial charge on any atom is 0.255 e. The highest BCUT2D eigenvalue weighted by Gasteiger charge is 2.21. The van der Waals surface area contributed by atoms with Crippen LogP contribution in [0.2, 0.25) is 0 Å². The number of aryl methyl sites for hydroxylation is 1. The maximum atomic E-state index is 12.8. The van der Waals surface area contributed by atoms with Crippen molar-refractivity contribution in [1.29, 1.82) is 0 Å². The summed E-state index contributed by atoms with van der Waals surface area (Å²) in [7, 11) is 0. The molecule has 1 aromatic heterocycles. The van der Waals surface area contributed by atoms with Crippen LogP contribution in [0.25, 0.3) is 0 Å². The van der Waals surface area contributed by atoms with Gasteiger partial charge in [0.25, 0.3) is 5.91 Å². The van der Waals surface area contributed by atoms with Crippen molar-refractivity contribution in [3.05, 3.63) is 53.2 Å². The van der Waals surface area contributed by atoms with Crippen LogP contribution in [-0.2, 0) is 5.60 Å². The van der Waals surface area contributed by atoms with E-state index in [2.05, 4.69) is 16.8 Å². The minimum atomic E-state index is -0.862. The van der Waals surface area contributed by atoms with Crippen LogP contribution in [-0.4, -0.2) is 40.5 Å². The van der Waals surface area contributed by atoms with Crippen LogP contribution >= 0.6 is 0 Å². The molecule has 1 aliphatic heterocycles. The summed E-state index contributed by atoms with van der Waals surface area (Å²) < 4.78 is 0. The highest BCUT2D eigenvalue weighted by Crippen LogP contribution is 2.30. The fourth-order valence-electron chi connectivity index (χ4n) is 3.88. The molecule has 1 aliphatic rings. The number of hydrogen-bond donors (Lipinski definition) is 1. The van der Waals surface area contributed by atoms with E-state index in [0.717, 1.165) is 61.5 Å². The lowest BCUT2D eigenvalue weighted by molar-refractivity contribution is 0.0723. The van der Waals surface area contributed by atoms with Crippen molar-refractivity contribution in [2.75, 3.05) is 24.5 Å². The van der Waals surface area contributed by atoms with E-state index < -0.39 is 5.60 Å². The molecule has 0 unspecified atom stereocenters. The molecule has 156 valence electrons. The first-order chi connectivity index (χ1) is 13.8. The number of carbonyl (C=O) groups excluding carboxylic acids is 1. The van der Waals surface area contributed by atoms with E-state index in [4.69, 9.17) is 0 Å². The van der Waals surface area contributed by atoms with Crippen molar-refractivity contribution in [2.24, 2.45) is 0 Å². The molecule has 3 rings (SSSR count). The average Bonchev–Trinajstić information content (AvgIpc) is 2.72. The minimum Gasteiger partial charge on any atom is -0.386 e. The molecule has 1 amide bonds. The van der Waals surface area contributed by atoms with Crippen molar-refractivity contribution >= 4 is 17.4 Å². The zero-order chi connectivity index (χ0) is 21.0. The Labute approximate surface area is 174 Å². The summed E-state index contributed by atoms with van der Waals surface area (Å²) in [4.78, 5) is 21.6. The van der Waals surface area contributed by atoms with Gasteiger partial charge in [0.05, 0.1) is 11.2 Å². The summed E-state index contributed by atoms with van der Waals surface area (Å²) in [6.07, 6.45) is 6.07. The van der Waals surface area contributed by atoms with Crippen molar-refractivity contribution in [2.45, 2.75) is 59.0 Å². The van der Waals surface area contributed by atoms with Gasteiger partial charge in [0, 0.05) is 31.5 Å². The Kier molecular flexibility index (Phi) is 6.58. The molecule has 5 nitrogen and oxygen atoms in total. The molecule has 0 bridgehead atoms. The largest absolute Gasteiger partial charge is 0.386 e. The van der Waals surface area contributed by atoms with Gasteiger partial charge in [-0.25, -0.2) is 4.98 Å². The Morgan fingerprint density at radius 1 is 1.17 bits per heavy atom. The highest BCUT2D eigenvalue weighted by atomic mass is 16.3. The summed E-state index contributed by atoms with van der Waals surface area (Å²) in [6, 6.07) is 9.93. The van der Waals surface area contributed by atoms with Gasteiger partial charge in [0.15, 0.2) is 0 Å². The lowest BCUT2D eigenvalue weighted by atomic mass is 9.98. The molecule has 0 atom stereocenters. The standard InChI is InChI=1S/C24H33N3O2/c1-5-13-27(21-11-9-20(10-12-21)24(3,4)29)22-18(2)16-19(17-25-22)23(28)26-14-7-6-8-15-26/h9-12,16-17,29H,5-8,13-15H2,1-4H3. The number of hydrogen-bond acceptors (Lipinski definition) is 4. The summed E-state index contributed by atoms with van der Waals surface area (Å²) >= 11 is 0. The summed E-state index contributed by atoms with van der Waals surface area (Å²) in [5, 5.41) is 10.2. The number of carbonyl (C=O) groups is 1. The summed E-state index contributed by atoms with van der Waals surface area (Å²) in [5.74, 6) is 0.960. The lowest BCUT2D eigenvalue weighted by Gasteiger charge is -2.28. The molecule has 1 aromatic carbocycles. The third-order valence-corrected chi connectivity index (χ3v) is 5.53. The van der Waals surface area contributed by atoms with E-state index in [-0.39, 0.29) is 5.91 Å². The van der Waals surface area contributed by atoms with Gasteiger partial charge >= 0.3 is 0 Å². The second-order valence-electron chi connectivity index (χ2n) is 8.47. The fraction of sp³-hybridized carbons (Fsp3) is 0.500. The van der Waals surface area contributed by atoms with Gasteiger partial charge in [-0.2, -0.15) is 0 Å². The minimum absolute atomic E-state index is 0.0865. The molecule has 1 N–H and O–H groups in total. The second-order valence-corrected chi connectivity index (χ2v) is 8.47. The summed E-state index contributed by atoms with van der Waals surface area (Å²) in [5.41, 5.74) is 2.71. The van der Waals surface area contributed by atoms with Crippen LogP contribution in [0, 0.1) is 6.92 Å². The van der Waals surface area contributed by atoms with Crippen molar-refractivity contribution in [3.8, 4) is 0 Å². The number of aliphatic hydroxyl groups is 1. The number of anilines is 2. The molecule has 0 radical (unpaired) electrons. The molecule has 0 saturated carbocycles. The van der Waals surface area contributed by atoms with E-state index in [1.165, 1.54) is 6.42 Å². The molecular weight excluding hydrogens is 362 g/mol. The molecule has 29 heavy (non-hydrogen) atoms. The predicted octanol–water partition coefficient (Wildman–Crippen LogP) is 4.79. The number of pyridine rings is 1. The van der Waals surface area contributed by atoms with E-state index in [1.807, 2.05) is 42.2 Å². The van der Waals surface area contributed by atoms with E-state index in [1.54, 1.807) is 20.0 Å². The van der Waals surface area contributed by atoms with Gasteiger partial charge in [-0.15, -0.1) is 0 Å². The molecule has 5 heteroatoms. The van der Waals surface area contributed by atoms with Gasteiger partial charge in [0.1, 0.15) is 5.82 Å². The second kappa shape index (κ2) is 8.95. The van der Waals surface area contributed by atoms with Gasteiger partial charge in [0.2, 0.25) is 0 Å². The molecule has 2 aromatic rings. The van der Waals surface area contributed by atoms with Gasteiger partial charge in [-0.1, -0.05) is 19.1 Å². The molecule has 0 spiro atoms. The van der Waals surface area contributed by atoms with Crippen molar-refractivity contribution in [1.82, 2.24) is 9.88 Å². The van der Waals surface area contributed by atoms with Crippen molar-refractivity contribution in [3.63, 3.8) is 0 Å². The molecule has 2 heterocycles. The normalized spacial score (nSPS) is 14.7. The van der Waals surface area contributed by atoms with Crippen molar-refractivity contribution < 1.29 is 9.90 Å². The topological polar surface area (TPSA) is 56.7 Å². The zero-order valence-electron chi connectivity index (χ0n) is 18.1. The van der Waals surface area contributed by atoms with Crippen LogP contribution in [0.4, 0.5) is 11.5 Å². The molecular formula is C24H33N3O2. The highest BCUT2D eigenvalue weighted by molar-refractivity contribution is 5.94. The van der Waals surface area contributed by atoms with Crippen LogP contribution in [0.5, 0.6) is 0 Å². The van der Waals surface area contributed by atoms with E-state index >= 15 is 0 Å². The Bertz CT molecular complexity index is 834. The Morgan fingerprint density at radius 3 is 2.38 bits per heavy atom. The zero-order valence-corrected chi connectivity index (χ0v) is 18.1. The Hall–Kier alpha value is -2.40. The molecule has 1 fully saturated rings. The Balaban J connectivity index is 1.86. The van der Waals surface area contributed by atoms with Gasteiger partial charge in [-0.3, -0.25) is 4.79 Å². The number of nitrogens with zero attached hydrogens (tertiary/aromatic N) is 3. The first-order valence-corrected chi connectivity index (χ1v) is 10.7. The Morgan fingerprint density at radius 2 is 1.83 bits per heavy atom. The lowest BCUT2D eigenvalue weighted by Crippen LogP contribution is -2.35. The predicted molar refractivity (Wildman–Crippen MR) is 118 cm³/mol.